The number of hydrogen-bond donors (Lipinski definition) is 1. The van der Waals surface area contributed by atoms with E-state index in [4.69, 9.17) is 0 Å². The van der Waals surface area contributed by atoms with Gasteiger partial charge < -0.3 is 5.32 Å². The third kappa shape index (κ3) is 7.86. The second kappa shape index (κ2) is 7.01. The van der Waals surface area contributed by atoms with Gasteiger partial charge in [0.05, 0.1) is 11.5 Å². The van der Waals surface area contributed by atoms with E-state index in [0.717, 1.165) is 23.5 Å². The van der Waals surface area contributed by atoms with Gasteiger partial charge in [-0.2, -0.15) is 0 Å². The summed E-state index contributed by atoms with van der Waals surface area (Å²) in [7, 11) is -5.02. The van der Waals surface area contributed by atoms with Gasteiger partial charge in [-0.05, 0) is 32.2 Å². The molecular formula is C11H24N2O4S2. The van der Waals surface area contributed by atoms with Crippen LogP contribution in [-0.4, -0.2) is 65.1 Å². The Bertz CT molecular complexity index is 469. The molecule has 0 heterocycles. The van der Waals surface area contributed by atoms with Crippen molar-refractivity contribution in [1.29, 1.82) is 0 Å². The molecule has 0 aliphatic heterocycles. The smallest absolute Gasteiger partial charge is 0.213 e. The molecule has 1 N–H and O–H groups in total. The van der Waals surface area contributed by atoms with Crippen LogP contribution in [0.3, 0.4) is 0 Å². The summed E-state index contributed by atoms with van der Waals surface area (Å²) in [6.07, 6.45) is 5.00. The van der Waals surface area contributed by atoms with E-state index >= 15 is 0 Å². The molecule has 0 spiro atoms. The minimum Gasteiger partial charge on any atom is -0.314 e. The van der Waals surface area contributed by atoms with Gasteiger partial charge >= 0.3 is 0 Å². The highest BCUT2D eigenvalue weighted by Crippen LogP contribution is 2.18. The summed E-state index contributed by atoms with van der Waals surface area (Å²) in [5, 5.41) is 3.33. The van der Waals surface area contributed by atoms with Crippen molar-refractivity contribution in [3.05, 3.63) is 0 Å². The van der Waals surface area contributed by atoms with E-state index in [1.807, 2.05) is 0 Å². The molecule has 114 valence electrons. The van der Waals surface area contributed by atoms with E-state index in [1.165, 1.54) is 19.9 Å². The van der Waals surface area contributed by atoms with Gasteiger partial charge in [-0.25, -0.2) is 21.1 Å². The Morgan fingerprint density at radius 3 is 2.26 bits per heavy atom. The largest absolute Gasteiger partial charge is 0.314 e. The van der Waals surface area contributed by atoms with Gasteiger partial charge in [0.15, 0.2) is 0 Å². The SMILES string of the molecule is CN(CCS(C)(=O)=O)S(=O)(=O)CCCCNC1CC1. The summed E-state index contributed by atoms with van der Waals surface area (Å²) in [5.74, 6) is -0.0500. The van der Waals surface area contributed by atoms with Crippen LogP contribution in [0.5, 0.6) is 0 Å². The number of sulfone groups is 1. The number of unbranched alkanes of at least 4 members (excludes halogenated alkanes) is 1. The standard InChI is InChI=1S/C11H24N2O4S2/c1-13(8-10-18(2,14)15)19(16,17)9-4-3-7-12-11-5-6-11/h11-12H,3-10H2,1-2H3. The molecule has 1 saturated carbocycles. The minimum atomic E-state index is -3.33. The van der Waals surface area contributed by atoms with Crippen LogP contribution in [0.2, 0.25) is 0 Å². The molecule has 0 amide bonds. The fourth-order valence-corrected chi connectivity index (χ4v) is 3.56. The molecular weight excluding hydrogens is 288 g/mol. The fourth-order valence-electron chi connectivity index (χ4n) is 1.59. The zero-order chi connectivity index (χ0) is 14.5. The zero-order valence-corrected chi connectivity index (χ0v) is 13.3. The van der Waals surface area contributed by atoms with E-state index in [-0.39, 0.29) is 18.1 Å². The lowest BCUT2D eigenvalue weighted by atomic mass is 10.3. The molecule has 0 atom stereocenters. The molecule has 6 nitrogen and oxygen atoms in total. The third-order valence-electron chi connectivity index (χ3n) is 3.09. The van der Waals surface area contributed by atoms with Crippen molar-refractivity contribution in [1.82, 2.24) is 9.62 Å². The van der Waals surface area contributed by atoms with Crippen molar-refractivity contribution >= 4 is 19.9 Å². The number of nitrogens with one attached hydrogen (secondary N) is 1. The van der Waals surface area contributed by atoms with Crippen molar-refractivity contribution in [2.45, 2.75) is 31.7 Å². The molecule has 19 heavy (non-hydrogen) atoms. The van der Waals surface area contributed by atoms with Gasteiger partial charge in [-0.1, -0.05) is 0 Å². The maximum atomic E-state index is 11.9. The van der Waals surface area contributed by atoms with Crippen LogP contribution >= 0.6 is 0 Å². The summed E-state index contributed by atoms with van der Waals surface area (Å²) in [5.41, 5.74) is 0. The van der Waals surface area contributed by atoms with Crippen LogP contribution in [-0.2, 0) is 19.9 Å². The predicted octanol–water partition coefficient (Wildman–Crippen LogP) is -0.175. The topological polar surface area (TPSA) is 83.6 Å². The Morgan fingerprint density at radius 1 is 1.11 bits per heavy atom. The summed E-state index contributed by atoms with van der Waals surface area (Å²) >= 11 is 0. The number of hydrogen-bond acceptors (Lipinski definition) is 5. The number of rotatable bonds is 10. The highest BCUT2D eigenvalue weighted by atomic mass is 32.2. The molecule has 0 aromatic rings. The summed E-state index contributed by atoms with van der Waals surface area (Å²) in [4.78, 5) is 0. The Hall–Kier alpha value is -0.180. The van der Waals surface area contributed by atoms with E-state index in [9.17, 15) is 16.8 Å². The quantitative estimate of drug-likeness (QED) is 0.566. The van der Waals surface area contributed by atoms with Gasteiger partial charge in [0.25, 0.3) is 0 Å². The molecule has 0 aromatic heterocycles. The van der Waals surface area contributed by atoms with E-state index in [1.54, 1.807) is 0 Å². The molecule has 0 radical (unpaired) electrons. The van der Waals surface area contributed by atoms with E-state index in [2.05, 4.69) is 5.32 Å². The van der Waals surface area contributed by atoms with Crippen molar-refractivity contribution in [2.24, 2.45) is 0 Å². The average Bonchev–Trinajstić information content (AvgIpc) is 3.08. The lowest BCUT2D eigenvalue weighted by molar-refractivity contribution is 0.481. The van der Waals surface area contributed by atoms with E-state index in [0.29, 0.717) is 12.5 Å². The second-order valence-corrected chi connectivity index (χ2v) is 9.66. The third-order valence-corrected chi connectivity index (χ3v) is 5.95. The molecule has 1 aliphatic rings. The van der Waals surface area contributed by atoms with Crippen molar-refractivity contribution < 1.29 is 16.8 Å². The highest BCUT2D eigenvalue weighted by molar-refractivity contribution is 7.91. The van der Waals surface area contributed by atoms with Crippen LogP contribution in [0.15, 0.2) is 0 Å². The first kappa shape index (κ1) is 16.9. The van der Waals surface area contributed by atoms with Crippen molar-refractivity contribution in [3.8, 4) is 0 Å². The van der Waals surface area contributed by atoms with Gasteiger partial charge in [-0.3, -0.25) is 0 Å². The van der Waals surface area contributed by atoms with Crippen molar-refractivity contribution in [2.75, 3.05) is 37.9 Å². The molecule has 1 fully saturated rings. The van der Waals surface area contributed by atoms with Gasteiger partial charge in [0.1, 0.15) is 9.84 Å². The second-order valence-electron chi connectivity index (χ2n) is 5.20. The molecule has 0 bridgehead atoms. The lowest BCUT2D eigenvalue weighted by Gasteiger charge is -2.16. The first-order chi connectivity index (χ1) is 8.71. The molecule has 1 aliphatic carbocycles. The van der Waals surface area contributed by atoms with Gasteiger partial charge in [0, 0.05) is 25.9 Å². The maximum absolute atomic E-state index is 11.9. The zero-order valence-electron chi connectivity index (χ0n) is 11.6. The fraction of sp³-hybridized carbons (Fsp3) is 1.00. The summed E-state index contributed by atoms with van der Waals surface area (Å²) in [6.45, 7) is 0.884. The average molecular weight is 312 g/mol. The van der Waals surface area contributed by atoms with Gasteiger partial charge in [0.2, 0.25) is 10.0 Å². The molecule has 0 unspecified atom stereocenters. The van der Waals surface area contributed by atoms with Crippen LogP contribution in [0.1, 0.15) is 25.7 Å². The maximum Gasteiger partial charge on any atom is 0.213 e. The van der Waals surface area contributed by atoms with Crippen LogP contribution < -0.4 is 5.32 Å². The normalized spacial score (nSPS) is 17.0. The lowest BCUT2D eigenvalue weighted by Crippen LogP contribution is -2.33. The number of nitrogens with zero attached hydrogens (tertiary/aromatic N) is 1. The predicted molar refractivity (Wildman–Crippen MR) is 76.4 cm³/mol. The first-order valence-corrected chi connectivity index (χ1v) is 10.2. The Labute approximate surface area is 116 Å². The van der Waals surface area contributed by atoms with E-state index < -0.39 is 19.9 Å². The molecule has 0 aromatic carbocycles. The molecule has 0 saturated heterocycles. The number of sulfonamides is 1. The summed E-state index contributed by atoms with van der Waals surface area (Å²) in [6, 6.07) is 0.647. The minimum absolute atomic E-state index is 0.0293. The molecule has 8 heteroatoms. The highest BCUT2D eigenvalue weighted by Gasteiger charge is 2.21. The van der Waals surface area contributed by atoms with Crippen LogP contribution in [0.4, 0.5) is 0 Å². The summed E-state index contributed by atoms with van der Waals surface area (Å²) < 4.78 is 46.9. The van der Waals surface area contributed by atoms with Gasteiger partial charge in [-0.15, -0.1) is 0 Å². The first-order valence-electron chi connectivity index (χ1n) is 6.56. The Balaban J connectivity index is 2.20. The monoisotopic (exact) mass is 312 g/mol. The Kier molecular flexibility index (Phi) is 6.22. The Morgan fingerprint density at radius 2 is 1.74 bits per heavy atom. The molecule has 1 rings (SSSR count). The van der Waals surface area contributed by atoms with Crippen LogP contribution in [0.25, 0.3) is 0 Å². The van der Waals surface area contributed by atoms with Crippen LogP contribution in [0, 0.1) is 0 Å². The van der Waals surface area contributed by atoms with Crippen molar-refractivity contribution in [3.63, 3.8) is 0 Å².